The zero-order valence-corrected chi connectivity index (χ0v) is 18.9. The summed E-state index contributed by atoms with van der Waals surface area (Å²) in [5.41, 5.74) is 5.47. The van der Waals surface area contributed by atoms with Gasteiger partial charge in [-0.25, -0.2) is 0 Å². The molecule has 4 rings (SSSR count). The molecule has 0 aromatic heterocycles. The predicted octanol–water partition coefficient (Wildman–Crippen LogP) is 5.65. The van der Waals surface area contributed by atoms with Crippen LogP contribution in [0.15, 0.2) is 71.7 Å². The lowest BCUT2D eigenvalue weighted by atomic mass is 9.99. The van der Waals surface area contributed by atoms with Gasteiger partial charge in [0.25, 0.3) is 0 Å². The van der Waals surface area contributed by atoms with Crippen LogP contribution < -0.4 is 14.4 Å². The molecule has 3 aromatic rings. The summed E-state index contributed by atoms with van der Waals surface area (Å²) in [6, 6.07) is 22.6. The molecule has 0 spiro atoms. The lowest BCUT2D eigenvalue weighted by Gasteiger charge is -2.26. The Morgan fingerprint density at radius 1 is 0.968 bits per heavy atom. The quantitative estimate of drug-likeness (QED) is 0.503. The fourth-order valence-electron chi connectivity index (χ4n) is 4.09. The van der Waals surface area contributed by atoms with Gasteiger partial charge in [-0.05, 0) is 37.1 Å². The van der Waals surface area contributed by atoms with Gasteiger partial charge in [-0.15, -0.1) is 0 Å². The first-order valence-corrected chi connectivity index (χ1v) is 10.9. The highest BCUT2D eigenvalue weighted by atomic mass is 35.5. The smallest absolute Gasteiger partial charge is 0.162 e. The number of nitrogens with zero attached hydrogens (tertiary/aromatic N) is 2. The highest BCUT2D eigenvalue weighted by Gasteiger charge is 2.26. The molecule has 1 atom stereocenters. The van der Waals surface area contributed by atoms with Gasteiger partial charge < -0.3 is 14.4 Å². The Kier molecular flexibility index (Phi) is 6.47. The van der Waals surface area contributed by atoms with Crippen molar-refractivity contribution >= 4 is 23.0 Å². The second kappa shape index (κ2) is 9.44. The van der Waals surface area contributed by atoms with E-state index >= 15 is 0 Å². The maximum atomic E-state index is 6.09. The Labute approximate surface area is 189 Å². The Balaban J connectivity index is 1.85. The molecule has 0 N–H and O–H groups in total. The molecule has 1 heterocycles. The third kappa shape index (κ3) is 4.54. The molecule has 0 saturated carbocycles. The van der Waals surface area contributed by atoms with E-state index in [1.165, 1.54) is 5.56 Å². The first-order valence-electron chi connectivity index (χ1n) is 10.5. The molecule has 4 nitrogen and oxygen atoms in total. The summed E-state index contributed by atoms with van der Waals surface area (Å²) in [7, 11) is 3.34. The maximum Gasteiger partial charge on any atom is 0.162 e. The molecule has 0 radical (unpaired) electrons. The molecular weight excluding hydrogens is 408 g/mol. The van der Waals surface area contributed by atoms with Gasteiger partial charge in [0.2, 0.25) is 0 Å². The SMILES string of the molecule is CCN1CC(Cc2ccc(Cl)cc2)N=C(c2ccccc2)c2cc(OC)c(OC)cc21. The average molecular weight is 435 g/mol. The number of rotatable bonds is 6. The van der Waals surface area contributed by atoms with E-state index in [0.29, 0.717) is 5.75 Å². The van der Waals surface area contributed by atoms with Gasteiger partial charge >= 0.3 is 0 Å². The zero-order valence-electron chi connectivity index (χ0n) is 18.1. The molecule has 1 aliphatic rings. The van der Waals surface area contributed by atoms with Crippen molar-refractivity contribution in [3.8, 4) is 11.5 Å². The van der Waals surface area contributed by atoms with E-state index in [1.807, 2.05) is 24.3 Å². The molecule has 3 aromatic carbocycles. The number of hydrogen-bond donors (Lipinski definition) is 0. The summed E-state index contributed by atoms with van der Waals surface area (Å²) in [6.45, 7) is 3.86. The van der Waals surface area contributed by atoms with Crippen molar-refractivity contribution in [1.29, 1.82) is 0 Å². The number of benzodiazepines with no additional fused rings is 1. The Morgan fingerprint density at radius 3 is 2.29 bits per heavy atom. The van der Waals surface area contributed by atoms with E-state index in [-0.39, 0.29) is 6.04 Å². The van der Waals surface area contributed by atoms with Gasteiger partial charge in [-0.2, -0.15) is 0 Å². The fourth-order valence-corrected chi connectivity index (χ4v) is 4.22. The number of hydrogen-bond acceptors (Lipinski definition) is 4. The van der Waals surface area contributed by atoms with Gasteiger partial charge in [0.05, 0.1) is 31.7 Å². The van der Waals surface area contributed by atoms with Gasteiger partial charge in [-0.3, -0.25) is 4.99 Å². The molecule has 0 fully saturated rings. The van der Waals surface area contributed by atoms with Crippen molar-refractivity contribution in [2.24, 2.45) is 4.99 Å². The molecular formula is C26H27ClN2O2. The first-order chi connectivity index (χ1) is 15.1. The Hall–Kier alpha value is -2.98. The molecule has 31 heavy (non-hydrogen) atoms. The minimum atomic E-state index is 0.0979. The molecule has 160 valence electrons. The minimum Gasteiger partial charge on any atom is -0.493 e. The second-order valence-electron chi connectivity index (χ2n) is 7.59. The van der Waals surface area contributed by atoms with E-state index in [0.717, 1.165) is 52.8 Å². The van der Waals surface area contributed by atoms with Gasteiger partial charge in [0, 0.05) is 35.3 Å². The minimum absolute atomic E-state index is 0.0979. The summed E-state index contributed by atoms with van der Waals surface area (Å²) in [6.07, 6.45) is 0.840. The largest absolute Gasteiger partial charge is 0.493 e. The number of likely N-dealkylation sites (N-methyl/N-ethyl adjacent to an activating group) is 1. The highest BCUT2D eigenvalue weighted by molar-refractivity contribution is 6.30. The number of halogens is 1. The zero-order chi connectivity index (χ0) is 21.8. The molecule has 1 unspecified atom stereocenters. The normalized spacial score (nSPS) is 15.7. The van der Waals surface area contributed by atoms with Crippen molar-refractivity contribution < 1.29 is 9.47 Å². The summed E-state index contributed by atoms with van der Waals surface area (Å²) < 4.78 is 11.2. The van der Waals surface area contributed by atoms with Crippen molar-refractivity contribution in [2.45, 2.75) is 19.4 Å². The van der Waals surface area contributed by atoms with Crippen molar-refractivity contribution in [1.82, 2.24) is 0 Å². The molecule has 1 aliphatic heterocycles. The van der Waals surface area contributed by atoms with E-state index in [2.05, 4.69) is 54.3 Å². The van der Waals surface area contributed by atoms with Crippen LogP contribution in [0.2, 0.25) is 5.02 Å². The van der Waals surface area contributed by atoms with Crippen LogP contribution in [0.25, 0.3) is 0 Å². The Bertz CT molecular complexity index is 1060. The number of ether oxygens (including phenoxy) is 2. The van der Waals surface area contributed by atoms with Crippen LogP contribution in [0.5, 0.6) is 11.5 Å². The van der Waals surface area contributed by atoms with E-state index in [9.17, 15) is 0 Å². The standard InChI is InChI=1S/C26H27ClN2O2/c1-4-29-17-21(14-18-10-12-20(27)13-11-18)28-26(19-8-6-5-7-9-19)22-15-24(30-2)25(31-3)16-23(22)29/h5-13,15-16,21H,4,14,17H2,1-3H3. The van der Waals surface area contributed by atoms with Crippen LogP contribution in [-0.2, 0) is 6.42 Å². The molecule has 5 heteroatoms. The third-order valence-electron chi connectivity index (χ3n) is 5.65. The molecule has 0 saturated heterocycles. The maximum absolute atomic E-state index is 6.09. The number of aliphatic imine (C=N–C) groups is 1. The van der Waals surface area contributed by atoms with E-state index in [4.69, 9.17) is 26.1 Å². The van der Waals surface area contributed by atoms with Crippen molar-refractivity contribution in [2.75, 3.05) is 32.2 Å². The van der Waals surface area contributed by atoms with Crippen molar-refractivity contribution in [3.63, 3.8) is 0 Å². The van der Waals surface area contributed by atoms with Crippen LogP contribution in [0, 0.1) is 0 Å². The molecule has 0 amide bonds. The summed E-state index contributed by atoms with van der Waals surface area (Å²) in [4.78, 5) is 7.65. The fraction of sp³-hybridized carbons (Fsp3) is 0.269. The van der Waals surface area contributed by atoms with E-state index < -0.39 is 0 Å². The number of anilines is 1. The second-order valence-corrected chi connectivity index (χ2v) is 8.03. The number of benzene rings is 3. The summed E-state index contributed by atoms with van der Waals surface area (Å²) >= 11 is 6.09. The monoisotopic (exact) mass is 434 g/mol. The van der Waals surface area contributed by atoms with Crippen molar-refractivity contribution in [3.05, 3.63) is 88.4 Å². The van der Waals surface area contributed by atoms with Crippen LogP contribution in [0.1, 0.15) is 23.6 Å². The Morgan fingerprint density at radius 2 is 1.65 bits per heavy atom. The number of methoxy groups -OCH3 is 2. The lowest BCUT2D eigenvalue weighted by Crippen LogP contribution is -2.32. The highest BCUT2D eigenvalue weighted by Crippen LogP contribution is 2.38. The number of fused-ring (bicyclic) bond motifs is 1. The van der Waals surface area contributed by atoms with Crippen LogP contribution in [-0.4, -0.2) is 39.1 Å². The summed E-state index contributed by atoms with van der Waals surface area (Å²) in [5.74, 6) is 1.43. The van der Waals surface area contributed by atoms with Gasteiger partial charge in [0.15, 0.2) is 11.5 Å². The van der Waals surface area contributed by atoms with Crippen LogP contribution in [0.3, 0.4) is 0 Å². The topological polar surface area (TPSA) is 34.1 Å². The average Bonchev–Trinajstić information content (AvgIpc) is 2.96. The summed E-state index contributed by atoms with van der Waals surface area (Å²) in [5, 5.41) is 0.750. The first kappa shape index (κ1) is 21.3. The van der Waals surface area contributed by atoms with Crippen LogP contribution >= 0.6 is 11.6 Å². The van der Waals surface area contributed by atoms with Crippen LogP contribution in [0.4, 0.5) is 5.69 Å². The third-order valence-corrected chi connectivity index (χ3v) is 5.91. The van der Waals surface area contributed by atoms with Gasteiger partial charge in [0.1, 0.15) is 0 Å². The van der Waals surface area contributed by atoms with Gasteiger partial charge in [-0.1, -0.05) is 54.1 Å². The molecule has 0 aliphatic carbocycles. The predicted molar refractivity (Wildman–Crippen MR) is 128 cm³/mol. The lowest BCUT2D eigenvalue weighted by molar-refractivity contribution is 0.355. The van der Waals surface area contributed by atoms with E-state index in [1.54, 1.807) is 14.2 Å². The molecule has 0 bridgehead atoms.